The highest BCUT2D eigenvalue weighted by molar-refractivity contribution is 5.75. The summed E-state index contributed by atoms with van der Waals surface area (Å²) < 4.78 is 0. The van der Waals surface area contributed by atoms with Crippen molar-refractivity contribution in [3.8, 4) is 0 Å². The van der Waals surface area contributed by atoms with E-state index in [0.717, 1.165) is 0 Å². The van der Waals surface area contributed by atoms with Crippen LogP contribution in [0.4, 0.5) is 4.79 Å². The molecule has 2 N–H and O–H groups in total. The normalized spacial score (nSPS) is 18.1. The Bertz CT molecular complexity index is 363. The van der Waals surface area contributed by atoms with Crippen molar-refractivity contribution in [2.45, 2.75) is 52.9 Å². The first kappa shape index (κ1) is 17.8. The Morgan fingerprint density at radius 3 is 2.38 bits per heavy atom. The SMILES string of the molecule is CC(CN(C)C(=O)NCC(C)(C)C1CCCCC1)C(=O)O. The van der Waals surface area contributed by atoms with Crippen molar-refractivity contribution in [3.05, 3.63) is 0 Å². The van der Waals surface area contributed by atoms with Crippen molar-refractivity contribution in [1.82, 2.24) is 10.2 Å². The van der Waals surface area contributed by atoms with E-state index in [4.69, 9.17) is 5.11 Å². The largest absolute Gasteiger partial charge is 0.481 e. The van der Waals surface area contributed by atoms with Gasteiger partial charge in [-0.05, 0) is 24.2 Å². The number of hydrogen-bond donors (Lipinski definition) is 2. The molecule has 0 aromatic carbocycles. The van der Waals surface area contributed by atoms with Crippen LogP contribution in [0.25, 0.3) is 0 Å². The number of amides is 2. The smallest absolute Gasteiger partial charge is 0.317 e. The Morgan fingerprint density at radius 2 is 1.86 bits per heavy atom. The van der Waals surface area contributed by atoms with Crippen LogP contribution in [0.1, 0.15) is 52.9 Å². The quantitative estimate of drug-likeness (QED) is 0.792. The van der Waals surface area contributed by atoms with Gasteiger partial charge in [0.15, 0.2) is 0 Å². The molecular weight excluding hydrogens is 268 g/mol. The molecule has 122 valence electrons. The maximum absolute atomic E-state index is 12.1. The van der Waals surface area contributed by atoms with E-state index in [0.29, 0.717) is 12.5 Å². The van der Waals surface area contributed by atoms with Gasteiger partial charge >= 0.3 is 12.0 Å². The molecule has 1 aliphatic rings. The van der Waals surface area contributed by atoms with E-state index in [-0.39, 0.29) is 18.0 Å². The van der Waals surface area contributed by atoms with Gasteiger partial charge in [-0.1, -0.05) is 40.0 Å². The fourth-order valence-electron chi connectivity index (χ4n) is 3.04. The number of carbonyl (C=O) groups is 2. The zero-order valence-corrected chi connectivity index (χ0v) is 13.8. The third-order valence-corrected chi connectivity index (χ3v) is 4.72. The topological polar surface area (TPSA) is 69.6 Å². The molecule has 1 atom stereocenters. The van der Waals surface area contributed by atoms with Gasteiger partial charge in [0, 0.05) is 20.1 Å². The Morgan fingerprint density at radius 1 is 1.29 bits per heavy atom. The monoisotopic (exact) mass is 298 g/mol. The van der Waals surface area contributed by atoms with Crippen LogP contribution in [0.5, 0.6) is 0 Å². The second-order valence-electron chi connectivity index (χ2n) is 7.10. The number of hydrogen-bond acceptors (Lipinski definition) is 2. The summed E-state index contributed by atoms with van der Waals surface area (Å²) in [6, 6.07) is -0.188. The predicted molar refractivity (Wildman–Crippen MR) is 83.2 cm³/mol. The van der Waals surface area contributed by atoms with Crippen molar-refractivity contribution in [3.63, 3.8) is 0 Å². The van der Waals surface area contributed by atoms with Crippen LogP contribution in [-0.2, 0) is 4.79 Å². The van der Waals surface area contributed by atoms with Gasteiger partial charge in [-0.15, -0.1) is 0 Å². The van der Waals surface area contributed by atoms with Crippen LogP contribution in [-0.4, -0.2) is 42.1 Å². The molecular formula is C16H30N2O3. The summed E-state index contributed by atoms with van der Waals surface area (Å²) in [5.74, 6) is -0.765. The molecule has 0 heterocycles. The Kier molecular flexibility index (Phi) is 6.49. The first-order valence-corrected chi connectivity index (χ1v) is 7.96. The van der Waals surface area contributed by atoms with Crippen molar-refractivity contribution in [1.29, 1.82) is 0 Å². The second kappa shape index (κ2) is 7.66. The average molecular weight is 298 g/mol. The van der Waals surface area contributed by atoms with E-state index in [2.05, 4.69) is 19.2 Å². The average Bonchev–Trinajstić information content (AvgIpc) is 2.45. The molecule has 0 aromatic rings. The number of urea groups is 1. The number of carboxylic acids is 1. The van der Waals surface area contributed by atoms with E-state index in [1.807, 2.05) is 0 Å². The minimum absolute atomic E-state index is 0.0926. The van der Waals surface area contributed by atoms with Crippen LogP contribution >= 0.6 is 0 Å². The first-order chi connectivity index (χ1) is 9.74. The molecule has 0 spiro atoms. The van der Waals surface area contributed by atoms with Gasteiger partial charge < -0.3 is 15.3 Å². The van der Waals surface area contributed by atoms with Gasteiger partial charge in [0.25, 0.3) is 0 Å². The molecule has 2 amide bonds. The lowest BCUT2D eigenvalue weighted by Crippen LogP contribution is -2.45. The van der Waals surface area contributed by atoms with Crippen molar-refractivity contribution < 1.29 is 14.7 Å². The summed E-state index contributed by atoms with van der Waals surface area (Å²) >= 11 is 0. The van der Waals surface area contributed by atoms with E-state index in [1.54, 1.807) is 14.0 Å². The molecule has 5 nitrogen and oxygen atoms in total. The summed E-state index contributed by atoms with van der Waals surface area (Å²) in [5.41, 5.74) is 0.0926. The molecule has 1 saturated carbocycles. The van der Waals surface area contributed by atoms with E-state index in [1.165, 1.54) is 37.0 Å². The summed E-state index contributed by atoms with van der Waals surface area (Å²) in [7, 11) is 1.64. The molecule has 21 heavy (non-hydrogen) atoms. The van der Waals surface area contributed by atoms with Gasteiger partial charge in [0.2, 0.25) is 0 Å². The Hall–Kier alpha value is -1.26. The fraction of sp³-hybridized carbons (Fsp3) is 0.875. The summed E-state index contributed by atoms with van der Waals surface area (Å²) in [6.07, 6.45) is 6.40. The number of carboxylic acid groups (broad SMARTS) is 1. The van der Waals surface area contributed by atoms with Crippen molar-refractivity contribution in [2.24, 2.45) is 17.3 Å². The lowest BCUT2D eigenvalue weighted by atomic mass is 9.71. The molecule has 0 bridgehead atoms. The van der Waals surface area contributed by atoms with Gasteiger partial charge in [-0.3, -0.25) is 4.79 Å². The van der Waals surface area contributed by atoms with E-state index < -0.39 is 11.9 Å². The van der Waals surface area contributed by atoms with Crippen LogP contribution in [0.2, 0.25) is 0 Å². The molecule has 0 aliphatic heterocycles. The second-order valence-corrected chi connectivity index (χ2v) is 7.10. The molecule has 5 heteroatoms. The standard InChI is InChI=1S/C16H30N2O3/c1-12(14(19)20)10-18(4)15(21)17-11-16(2,3)13-8-6-5-7-9-13/h12-13H,5-11H2,1-4H3,(H,17,21)(H,19,20). The van der Waals surface area contributed by atoms with Crippen LogP contribution in [0, 0.1) is 17.3 Å². The maximum Gasteiger partial charge on any atom is 0.317 e. The molecule has 0 aromatic heterocycles. The van der Waals surface area contributed by atoms with Gasteiger partial charge in [-0.2, -0.15) is 0 Å². The minimum atomic E-state index is -0.878. The number of nitrogens with zero attached hydrogens (tertiary/aromatic N) is 1. The summed E-state index contributed by atoms with van der Waals surface area (Å²) in [6.45, 7) is 6.90. The Labute approximate surface area is 128 Å². The molecule has 0 radical (unpaired) electrons. The third-order valence-electron chi connectivity index (χ3n) is 4.72. The third kappa shape index (κ3) is 5.56. The number of carbonyl (C=O) groups excluding carboxylic acids is 1. The number of aliphatic carboxylic acids is 1. The van der Waals surface area contributed by atoms with Gasteiger partial charge in [-0.25, -0.2) is 4.79 Å². The number of nitrogens with one attached hydrogen (secondary N) is 1. The van der Waals surface area contributed by atoms with Gasteiger partial charge in [0.05, 0.1) is 5.92 Å². The fourth-order valence-corrected chi connectivity index (χ4v) is 3.04. The molecule has 1 aliphatic carbocycles. The van der Waals surface area contributed by atoms with Crippen LogP contribution in [0.15, 0.2) is 0 Å². The summed E-state index contributed by atoms with van der Waals surface area (Å²) in [5, 5.41) is 11.8. The molecule has 1 rings (SSSR count). The highest BCUT2D eigenvalue weighted by atomic mass is 16.4. The lowest BCUT2D eigenvalue weighted by Gasteiger charge is -2.37. The molecule has 1 fully saturated rings. The van der Waals surface area contributed by atoms with E-state index >= 15 is 0 Å². The first-order valence-electron chi connectivity index (χ1n) is 7.96. The maximum atomic E-state index is 12.1. The number of rotatable bonds is 6. The van der Waals surface area contributed by atoms with Gasteiger partial charge in [0.1, 0.15) is 0 Å². The summed E-state index contributed by atoms with van der Waals surface area (Å²) in [4.78, 5) is 24.3. The molecule has 1 unspecified atom stereocenters. The lowest BCUT2D eigenvalue weighted by molar-refractivity contribution is -0.141. The Balaban J connectivity index is 2.41. The molecule has 0 saturated heterocycles. The highest BCUT2D eigenvalue weighted by Gasteiger charge is 2.31. The van der Waals surface area contributed by atoms with Crippen LogP contribution in [0.3, 0.4) is 0 Å². The minimum Gasteiger partial charge on any atom is -0.481 e. The van der Waals surface area contributed by atoms with E-state index in [9.17, 15) is 9.59 Å². The predicted octanol–water partition coefficient (Wildman–Crippen LogP) is 2.96. The van der Waals surface area contributed by atoms with Crippen LogP contribution < -0.4 is 5.32 Å². The zero-order valence-electron chi connectivity index (χ0n) is 13.8. The van der Waals surface area contributed by atoms with Crippen molar-refractivity contribution >= 4 is 12.0 Å². The van der Waals surface area contributed by atoms with Crippen molar-refractivity contribution in [2.75, 3.05) is 20.1 Å². The highest BCUT2D eigenvalue weighted by Crippen LogP contribution is 2.37. The zero-order chi connectivity index (χ0) is 16.0.